The van der Waals surface area contributed by atoms with Crippen molar-refractivity contribution in [3.05, 3.63) is 0 Å². The third-order valence-electron chi connectivity index (χ3n) is 3.02. The van der Waals surface area contributed by atoms with Gasteiger partial charge in [0.05, 0.1) is 26.4 Å². The highest BCUT2D eigenvalue weighted by Gasteiger charge is 1.91. The van der Waals surface area contributed by atoms with Crippen LogP contribution in [0.1, 0.15) is 71.1 Å². The van der Waals surface area contributed by atoms with E-state index in [9.17, 15) is 0 Å². The molecule has 0 fully saturated rings. The Bertz CT molecular complexity index is 157. The molecule has 0 atom stereocenters. The molecule has 0 spiro atoms. The van der Waals surface area contributed by atoms with E-state index >= 15 is 0 Å². The molecule has 0 radical (unpaired) electrons. The van der Waals surface area contributed by atoms with E-state index in [-0.39, 0.29) is 26.4 Å². The predicted octanol–water partition coefficient (Wildman–Crippen LogP) is 2.32. The average molecular weight is 323 g/mol. The molecular weight excluding hydrogens is 286 g/mol. The summed E-state index contributed by atoms with van der Waals surface area (Å²) in [4.78, 5) is 8.90. The van der Waals surface area contributed by atoms with Crippen molar-refractivity contribution in [2.24, 2.45) is 0 Å². The van der Waals surface area contributed by atoms with Crippen molar-refractivity contribution in [1.29, 1.82) is 0 Å². The fourth-order valence-electron chi connectivity index (χ4n) is 1.82. The van der Waals surface area contributed by atoms with E-state index in [1.807, 2.05) is 0 Å². The maximum atomic E-state index is 8.57. The van der Waals surface area contributed by atoms with Gasteiger partial charge in [0.25, 0.3) is 0 Å². The van der Waals surface area contributed by atoms with E-state index in [1.165, 1.54) is 57.8 Å². The highest BCUT2D eigenvalue weighted by molar-refractivity contribution is 4.46. The zero-order chi connectivity index (χ0) is 16.7. The molecule has 0 aliphatic heterocycles. The summed E-state index contributed by atoms with van der Waals surface area (Å²) < 4.78 is 0. The minimum atomic E-state index is -0.0600. The molecule has 0 heterocycles. The summed E-state index contributed by atoms with van der Waals surface area (Å²) in [5.41, 5.74) is 2.07. The van der Waals surface area contributed by atoms with Crippen LogP contribution < -0.4 is 5.64 Å². The van der Waals surface area contributed by atoms with Gasteiger partial charge < -0.3 is 15.3 Å². The fourth-order valence-corrected chi connectivity index (χ4v) is 1.82. The van der Waals surface area contributed by atoms with E-state index in [0.29, 0.717) is 6.61 Å². The fraction of sp³-hybridized carbons (Fsp3) is 1.00. The number of rotatable bonds is 16. The molecule has 136 valence electrons. The highest BCUT2D eigenvalue weighted by atomic mass is 16.9. The second-order valence-electron chi connectivity index (χ2n) is 5.13. The van der Waals surface area contributed by atoms with Gasteiger partial charge >= 0.3 is 0 Å². The normalized spacial score (nSPS) is 10.4. The molecule has 0 amide bonds. The first-order chi connectivity index (χ1) is 10.8. The first-order valence-electron chi connectivity index (χ1n) is 8.64. The van der Waals surface area contributed by atoms with E-state index < -0.39 is 0 Å². The largest absolute Gasteiger partial charge is 0.396 e. The highest BCUT2D eigenvalue weighted by Crippen LogP contribution is 2.09. The van der Waals surface area contributed by atoms with Crippen LogP contribution in [0.3, 0.4) is 0 Å². The van der Waals surface area contributed by atoms with Gasteiger partial charge in [-0.2, -0.15) is 0 Å². The van der Waals surface area contributed by atoms with Gasteiger partial charge in [-0.15, -0.1) is 0 Å². The maximum absolute atomic E-state index is 8.57. The van der Waals surface area contributed by atoms with E-state index in [2.05, 4.69) is 22.2 Å². The van der Waals surface area contributed by atoms with Crippen molar-refractivity contribution < 1.29 is 25.0 Å². The summed E-state index contributed by atoms with van der Waals surface area (Å²) in [6, 6.07) is 0. The van der Waals surface area contributed by atoms with Gasteiger partial charge in [0.1, 0.15) is 0 Å². The summed E-state index contributed by atoms with van der Waals surface area (Å²) in [7, 11) is 0. The van der Waals surface area contributed by atoms with Crippen LogP contribution in [-0.2, 0) is 9.68 Å². The third-order valence-corrected chi connectivity index (χ3v) is 3.02. The van der Waals surface area contributed by atoms with Crippen molar-refractivity contribution in [2.75, 3.05) is 33.0 Å². The lowest BCUT2D eigenvalue weighted by molar-refractivity contribution is -0.178. The monoisotopic (exact) mass is 323 g/mol. The number of hydrogen-bond donors (Lipinski definition) is 4. The molecular formula is C16H37NO5. The van der Waals surface area contributed by atoms with Gasteiger partial charge in [-0.3, -0.25) is 9.68 Å². The van der Waals surface area contributed by atoms with Crippen LogP contribution >= 0.6 is 0 Å². The van der Waals surface area contributed by atoms with Gasteiger partial charge in [0.15, 0.2) is 0 Å². The van der Waals surface area contributed by atoms with Gasteiger partial charge in [0, 0.05) is 6.61 Å². The van der Waals surface area contributed by atoms with E-state index in [1.54, 1.807) is 0 Å². The Morgan fingerprint density at radius 3 is 1.36 bits per heavy atom. The maximum Gasteiger partial charge on any atom is 0.0940 e. The second-order valence-corrected chi connectivity index (χ2v) is 5.13. The number of nitrogens with one attached hydrogen (secondary N) is 1. The van der Waals surface area contributed by atoms with E-state index in [0.717, 1.165) is 6.42 Å². The van der Waals surface area contributed by atoms with Crippen molar-refractivity contribution in [1.82, 2.24) is 5.64 Å². The van der Waals surface area contributed by atoms with Crippen LogP contribution in [0, 0.1) is 0 Å². The van der Waals surface area contributed by atoms with Crippen molar-refractivity contribution in [3.8, 4) is 0 Å². The smallest absolute Gasteiger partial charge is 0.0940 e. The molecule has 0 saturated carbocycles. The van der Waals surface area contributed by atoms with Crippen molar-refractivity contribution >= 4 is 0 Å². The molecule has 0 aromatic carbocycles. The minimum Gasteiger partial charge on any atom is -0.396 e. The predicted molar refractivity (Wildman–Crippen MR) is 88.1 cm³/mol. The van der Waals surface area contributed by atoms with E-state index in [4.69, 9.17) is 15.3 Å². The van der Waals surface area contributed by atoms with Gasteiger partial charge in [-0.1, -0.05) is 70.4 Å². The first-order valence-corrected chi connectivity index (χ1v) is 8.64. The lowest BCUT2D eigenvalue weighted by atomic mass is 10.1. The summed E-state index contributed by atoms with van der Waals surface area (Å²) in [6.45, 7) is 2.85. The Balaban J connectivity index is 0. The Hall–Kier alpha value is -0.240. The van der Waals surface area contributed by atoms with Crippen molar-refractivity contribution in [3.63, 3.8) is 0 Å². The van der Waals surface area contributed by atoms with Crippen LogP contribution in [-0.4, -0.2) is 48.4 Å². The van der Waals surface area contributed by atoms with Crippen LogP contribution in [0.5, 0.6) is 0 Å². The molecule has 0 unspecified atom stereocenters. The Morgan fingerprint density at radius 1 is 0.591 bits per heavy atom. The Kier molecular flexibility index (Phi) is 28.1. The van der Waals surface area contributed by atoms with Crippen LogP contribution in [0.4, 0.5) is 0 Å². The summed E-state index contributed by atoms with van der Waals surface area (Å²) in [5, 5.41) is 24.9. The standard InChI is InChI=1S/C12H26O.C4H11NO4/c1-2-3-4-5-6-7-8-9-10-11-12-13;6-1-3-8-5-9-4-2-7/h13H,2-12H2,1H3;5-7H,1-4H2. The molecule has 4 N–H and O–H groups in total. The number of aliphatic hydroxyl groups excluding tert-OH is 3. The third kappa shape index (κ3) is 28.0. The number of unbranched alkanes of at least 4 members (excludes halogenated alkanes) is 9. The lowest BCUT2D eigenvalue weighted by Gasteiger charge is -2.01. The molecule has 0 aromatic heterocycles. The SMILES string of the molecule is CCCCCCCCCCCCO.OCCONOCCO. The first kappa shape index (κ1) is 24.0. The summed E-state index contributed by atoms with van der Waals surface area (Å²) in [5.74, 6) is 0. The molecule has 0 saturated heterocycles. The zero-order valence-electron chi connectivity index (χ0n) is 14.3. The average Bonchev–Trinajstić information content (AvgIpc) is 2.54. The molecule has 6 nitrogen and oxygen atoms in total. The topological polar surface area (TPSA) is 91.2 Å². The molecule has 0 aromatic rings. The molecule has 0 aliphatic carbocycles. The second kappa shape index (κ2) is 25.7. The number of aliphatic hydroxyl groups is 3. The minimum absolute atomic E-state index is 0.0600. The van der Waals surface area contributed by atoms with Crippen LogP contribution in [0.25, 0.3) is 0 Å². The van der Waals surface area contributed by atoms with Gasteiger partial charge in [0.2, 0.25) is 0 Å². The van der Waals surface area contributed by atoms with Gasteiger partial charge in [-0.25, -0.2) is 0 Å². The lowest BCUT2D eigenvalue weighted by Crippen LogP contribution is -2.19. The Labute approximate surface area is 135 Å². The van der Waals surface area contributed by atoms with Crippen LogP contribution in [0.2, 0.25) is 0 Å². The molecule has 0 aliphatic rings. The number of hydrogen-bond acceptors (Lipinski definition) is 6. The van der Waals surface area contributed by atoms with Crippen molar-refractivity contribution in [2.45, 2.75) is 71.1 Å². The summed E-state index contributed by atoms with van der Waals surface area (Å²) >= 11 is 0. The molecule has 6 heteroatoms. The molecule has 0 bridgehead atoms. The molecule has 22 heavy (non-hydrogen) atoms. The Morgan fingerprint density at radius 2 is 1.00 bits per heavy atom. The van der Waals surface area contributed by atoms with Gasteiger partial charge in [-0.05, 0) is 6.42 Å². The van der Waals surface area contributed by atoms with Crippen LogP contribution in [0.15, 0.2) is 0 Å². The zero-order valence-corrected chi connectivity index (χ0v) is 14.3. The molecule has 0 rings (SSSR count). The summed E-state index contributed by atoms with van der Waals surface area (Å²) in [6.07, 6.45) is 13.3. The quantitative estimate of drug-likeness (QED) is 0.257.